The number of nitrogens with zero attached hydrogens (tertiary/aromatic N) is 2. The molecule has 4 nitrogen and oxygen atoms in total. The third kappa shape index (κ3) is 4.07. The lowest BCUT2D eigenvalue weighted by Crippen LogP contribution is -2.16. The summed E-state index contributed by atoms with van der Waals surface area (Å²) >= 11 is 1.17. The van der Waals surface area contributed by atoms with Crippen LogP contribution in [0.5, 0.6) is 5.75 Å². The smallest absolute Gasteiger partial charge is 0.416 e. The van der Waals surface area contributed by atoms with Crippen molar-refractivity contribution < 1.29 is 31.1 Å². The predicted octanol–water partition coefficient (Wildman–Crippen LogP) is 4.68. The summed E-state index contributed by atoms with van der Waals surface area (Å²) in [7, 11) is 0. The topological polar surface area (TPSA) is 43.6 Å². The molecule has 3 aromatic rings. The minimum absolute atomic E-state index is 0.0119. The van der Waals surface area contributed by atoms with Crippen molar-refractivity contribution >= 4 is 16.3 Å². The Hall–Kier alpha value is -2.56. The van der Waals surface area contributed by atoms with Crippen LogP contribution in [0.4, 0.5) is 26.3 Å². The van der Waals surface area contributed by atoms with Crippen molar-refractivity contribution in [2.45, 2.75) is 25.9 Å². The number of fused-ring (bicyclic) bond motifs is 1. The van der Waals surface area contributed by atoms with Crippen LogP contribution in [0.3, 0.4) is 0 Å². The Kier molecular flexibility index (Phi) is 4.66. The van der Waals surface area contributed by atoms with Crippen molar-refractivity contribution in [3.05, 3.63) is 62.5 Å². The largest absolute Gasteiger partial charge is 0.487 e. The number of alkyl halides is 6. The van der Waals surface area contributed by atoms with Gasteiger partial charge in [0.05, 0.1) is 16.8 Å². The molecule has 3 rings (SSSR count). The lowest BCUT2D eigenvalue weighted by Gasteiger charge is -2.14. The molecule has 0 bridgehead atoms. The van der Waals surface area contributed by atoms with Crippen molar-refractivity contribution in [1.82, 2.24) is 9.38 Å². The predicted molar refractivity (Wildman–Crippen MR) is 84.9 cm³/mol. The molecule has 0 fully saturated rings. The lowest BCUT2D eigenvalue weighted by atomic mass is 10.1. The Morgan fingerprint density at radius 2 is 1.63 bits per heavy atom. The Morgan fingerprint density at radius 1 is 1.04 bits per heavy atom. The number of aryl methyl sites for hydroxylation is 1. The molecule has 0 unspecified atom stereocenters. The average Bonchev–Trinajstić information content (AvgIpc) is 2.92. The van der Waals surface area contributed by atoms with Gasteiger partial charge in [0.2, 0.25) is 0 Å². The summed E-state index contributed by atoms with van der Waals surface area (Å²) in [6, 6.07) is 2.06. The van der Waals surface area contributed by atoms with E-state index in [0.717, 1.165) is 6.07 Å². The van der Waals surface area contributed by atoms with Crippen molar-refractivity contribution in [2.24, 2.45) is 0 Å². The number of benzene rings is 1. The highest BCUT2D eigenvalue weighted by atomic mass is 32.1. The molecular formula is C16H10F6N2O2S. The van der Waals surface area contributed by atoms with Crippen LogP contribution < -0.4 is 10.3 Å². The summed E-state index contributed by atoms with van der Waals surface area (Å²) in [5.41, 5.74) is -2.63. The summed E-state index contributed by atoms with van der Waals surface area (Å²) in [6.07, 6.45) is -9.94. The molecule has 0 aliphatic rings. The SMILES string of the molecule is Cc1csc2nc(COc3cc(C(F)(F)F)cc(C(F)(F)F)c3)cc(=O)n12. The summed E-state index contributed by atoms with van der Waals surface area (Å²) in [4.78, 5) is 16.5. The zero-order chi connectivity index (χ0) is 20.0. The number of ether oxygens (including phenoxy) is 1. The summed E-state index contributed by atoms with van der Waals surface area (Å²) < 4.78 is 83.5. The van der Waals surface area contributed by atoms with Crippen LogP contribution in [0.15, 0.2) is 34.4 Å². The van der Waals surface area contributed by atoms with Crippen LogP contribution in [0, 0.1) is 6.92 Å². The van der Waals surface area contributed by atoms with Crippen LogP contribution in [-0.4, -0.2) is 9.38 Å². The van der Waals surface area contributed by atoms with E-state index in [9.17, 15) is 31.1 Å². The molecule has 2 heterocycles. The molecule has 11 heteroatoms. The average molecular weight is 408 g/mol. The second kappa shape index (κ2) is 6.55. The third-order valence-electron chi connectivity index (χ3n) is 3.58. The number of thiazole rings is 1. The summed E-state index contributed by atoms with van der Waals surface area (Å²) in [5.74, 6) is -0.624. The minimum atomic E-state index is -4.97. The van der Waals surface area contributed by atoms with Crippen LogP contribution in [-0.2, 0) is 19.0 Å². The molecular weight excluding hydrogens is 398 g/mol. The van der Waals surface area contributed by atoms with Gasteiger partial charge in [0.1, 0.15) is 12.4 Å². The van der Waals surface area contributed by atoms with Crippen LogP contribution >= 0.6 is 11.3 Å². The number of hydrogen-bond acceptors (Lipinski definition) is 4. The molecule has 1 aromatic carbocycles. The van der Waals surface area contributed by atoms with E-state index in [1.807, 2.05) is 0 Å². The first-order valence-corrected chi connectivity index (χ1v) is 8.22. The van der Waals surface area contributed by atoms with Gasteiger partial charge in [0.15, 0.2) is 4.96 Å². The molecule has 144 valence electrons. The van der Waals surface area contributed by atoms with E-state index in [2.05, 4.69) is 4.98 Å². The fourth-order valence-corrected chi connectivity index (χ4v) is 3.23. The van der Waals surface area contributed by atoms with E-state index < -0.39 is 41.4 Å². The van der Waals surface area contributed by atoms with Gasteiger partial charge in [-0.25, -0.2) is 4.98 Å². The molecule has 0 atom stereocenters. The van der Waals surface area contributed by atoms with E-state index >= 15 is 0 Å². The molecule has 0 N–H and O–H groups in total. The van der Waals surface area contributed by atoms with Crippen molar-refractivity contribution in [1.29, 1.82) is 0 Å². The van der Waals surface area contributed by atoms with E-state index in [1.54, 1.807) is 12.3 Å². The summed E-state index contributed by atoms with van der Waals surface area (Å²) in [5, 5.41) is 1.69. The van der Waals surface area contributed by atoms with Gasteiger partial charge in [-0.05, 0) is 25.1 Å². The number of halogens is 6. The molecule has 0 spiro atoms. The van der Waals surface area contributed by atoms with Crippen LogP contribution in [0.25, 0.3) is 4.96 Å². The zero-order valence-electron chi connectivity index (χ0n) is 13.5. The number of rotatable bonds is 3. The van der Waals surface area contributed by atoms with Gasteiger partial charge < -0.3 is 4.74 Å². The Balaban J connectivity index is 1.92. The van der Waals surface area contributed by atoms with Crippen LogP contribution in [0.2, 0.25) is 0 Å². The molecule has 0 saturated carbocycles. The standard InChI is InChI=1S/C16H10F6N2O2S/c1-8-7-27-14-23-11(5-13(25)24(8)14)6-26-12-3-9(15(17,18)19)2-10(4-12)16(20,21)22/h2-5,7H,6H2,1H3. The van der Waals surface area contributed by atoms with Gasteiger partial charge in [0.25, 0.3) is 5.56 Å². The van der Waals surface area contributed by atoms with E-state index in [-0.39, 0.29) is 11.8 Å². The zero-order valence-corrected chi connectivity index (χ0v) is 14.3. The van der Waals surface area contributed by atoms with Gasteiger partial charge in [-0.1, -0.05) is 0 Å². The molecule has 0 aliphatic heterocycles. The fraction of sp³-hybridized carbons (Fsp3) is 0.250. The highest BCUT2D eigenvalue weighted by Gasteiger charge is 2.37. The van der Waals surface area contributed by atoms with Crippen LogP contribution in [0.1, 0.15) is 22.5 Å². The van der Waals surface area contributed by atoms with E-state index in [1.165, 1.54) is 15.7 Å². The summed E-state index contributed by atoms with van der Waals surface area (Å²) in [6.45, 7) is 1.24. The first-order chi connectivity index (χ1) is 12.4. The second-order valence-corrected chi connectivity index (χ2v) is 6.45. The lowest BCUT2D eigenvalue weighted by molar-refractivity contribution is -0.143. The second-order valence-electron chi connectivity index (χ2n) is 5.61. The van der Waals surface area contributed by atoms with Gasteiger partial charge in [-0.3, -0.25) is 9.20 Å². The monoisotopic (exact) mass is 408 g/mol. The molecule has 0 aliphatic carbocycles. The van der Waals surface area contributed by atoms with Gasteiger partial charge >= 0.3 is 12.4 Å². The Morgan fingerprint density at radius 3 is 2.19 bits per heavy atom. The van der Waals surface area contributed by atoms with Crippen molar-refractivity contribution in [2.75, 3.05) is 0 Å². The highest BCUT2D eigenvalue weighted by Crippen LogP contribution is 2.38. The fourth-order valence-electron chi connectivity index (χ4n) is 2.34. The maximum absolute atomic E-state index is 12.9. The van der Waals surface area contributed by atoms with E-state index in [0.29, 0.717) is 22.8 Å². The highest BCUT2D eigenvalue weighted by molar-refractivity contribution is 7.15. The maximum Gasteiger partial charge on any atom is 0.416 e. The van der Waals surface area contributed by atoms with Gasteiger partial charge in [-0.2, -0.15) is 26.3 Å². The quantitative estimate of drug-likeness (QED) is 0.591. The van der Waals surface area contributed by atoms with Crippen molar-refractivity contribution in [3.8, 4) is 5.75 Å². The number of hydrogen-bond donors (Lipinski definition) is 0. The van der Waals surface area contributed by atoms with Crippen molar-refractivity contribution in [3.63, 3.8) is 0 Å². The normalized spacial score (nSPS) is 12.6. The molecule has 0 saturated heterocycles. The first-order valence-electron chi connectivity index (χ1n) is 7.34. The Bertz CT molecular complexity index is 1020. The van der Waals surface area contributed by atoms with Gasteiger partial charge in [-0.15, -0.1) is 11.3 Å². The first kappa shape index (κ1) is 19.2. The molecule has 2 aromatic heterocycles. The molecule has 0 amide bonds. The Labute approximate surface area is 151 Å². The molecule has 0 radical (unpaired) electrons. The van der Waals surface area contributed by atoms with E-state index in [4.69, 9.17) is 4.74 Å². The van der Waals surface area contributed by atoms with Gasteiger partial charge in [0, 0.05) is 17.1 Å². The maximum atomic E-state index is 12.9. The number of aromatic nitrogens is 2. The minimum Gasteiger partial charge on any atom is -0.487 e. The third-order valence-corrected chi connectivity index (χ3v) is 4.52. The molecule has 27 heavy (non-hydrogen) atoms.